The predicted octanol–water partition coefficient (Wildman–Crippen LogP) is 2.37. The van der Waals surface area contributed by atoms with Gasteiger partial charge in [-0.2, -0.15) is 5.26 Å². The molecule has 0 radical (unpaired) electrons. The monoisotopic (exact) mass is 297 g/mol. The van der Waals surface area contributed by atoms with Crippen LogP contribution in [0, 0.1) is 11.3 Å². The van der Waals surface area contributed by atoms with Crippen LogP contribution < -0.4 is 0 Å². The number of carboxylic acids is 1. The predicted molar refractivity (Wildman–Crippen MR) is 77.3 cm³/mol. The Hall–Kier alpha value is -3.20. The van der Waals surface area contributed by atoms with E-state index in [9.17, 15) is 14.7 Å². The summed E-state index contributed by atoms with van der Waals surface area (Å²) in [6, 6.07) is 7.88. The molecule has 2 N–H and O–H groups in total. The third-order valence-corrected chi connectivity index (χ3v) is 2.92. The first-order chi connectivity index (χ1) is 10.9. The Morgan fingerprint density at radius 1 is 1.32 bits per heavy atom. The highest BCUT2D eigenvalue weighted by atomic mass is 16.4. The number of carbonyl (C=O) groups excluding carboxylic acids is 1. The molecule has 110 valence electrons. The molecule has 1 aromatic heterocycles. The van der Waals surface area contributed by atoms with E-state index in [-0.39, 0.29) is 35.9 Å². The topological polar surface area (TPSA) is 111 Å². The van der Waals surface area contributed by atoms with Crippen LogP contribution in [0.1, 0.15) is 30.3 Å². The normalized spacial score (nSPS) is 10.6. The van der Waals surface area contributed by atoms with Crippen molar-refractivity contribution >= 4 is 11.8 Å². The van der Waals surface area contributed by atoms with E-state index in [1.54, 1.807) is 12.1 Å². The smallest absolute Gasteiger partial charge is 0.303 e. The third kappa shape index (κ3) is 3.46. The maximum Gasteiger partial charge on any atom is 0.303 e. The number of nitriles is 1. The lowest BCUT2D eigenvalue weighted by molar-refractivity contribution is -0.136. The van der Waals surface area contributed by atoms with E-state index in [1.807, 2.05) is 6.07 Å². The van der Waals surface area contributed by atoms with Gasteiger partial charge in [-0.25, -0.2) is 4.98 Å². The maximum absolute atomic E-state index is 11.8. The first-order valence-corrected chi connectivity index (χ1v) is 6.38. The fourth-order valence-corrected chi connectivity index (χ4v) is 1.86. The number of aromatic hydroxyl groups is 1. The molecular weight excluding hydrogens is 284 g/mol. The summed E-state index contributed by atoms with van der Waals surface area (Å²) in [6.07, 6.45) is 0.702. The van der Waals surface area contributed by atoms with Crippen molar-refractivity contribution in [2.24, 2.45) is 0 Å². The molecule has 0 spiro atoms. The second kappa shape index (κ2) is 6.50. The van der Waals surface area contributed by atoms with Gasteiger partial charge < -0.3 is 10.2 Å². The lowest BCUT2D eigenvalue weighted by Crippen LogP contribution is -2.06. The van der Waals surface area contributed by atoms with Crippen LogP contribution >= 0.6 is 0 Å². The minimum Gasteiger partial charge on any atom is -0.506 e. The molecule has 0 saturated heterocycles. The zero-order valence-corrected chi connectivity index (χ0v) is 11.4. The van der Waals surface area contributed by atoms with E-state index < -0.39 is 11.8 Å². The molecule has 0 aliphatic heterocycles. The minimum atomic E-state index is -1.11. The van der Waals surface area contributed by atoms with Crippen molar-refractivity contribution in [2.45, 2.75) is 12.8 Å². The van der Waals surface area contributed by atoms with Gasteiger partial charge in [0.15, 0.2) is 5.78 Å². The number of aliphatic carboxylic acids is 1. The summed E-state index contributed by atoms with van der Waals surface area (Å²) >= 11 is 0. The fourth-order valence-electron chi connectivity index (χ4n) is 1.86. The maximum atomic E-state index is 11.8. The molecule has 6 heteroatoms. The van der Waals surface area contributed by atoms with Crippen molar-refractivity contribution in [3.05, 3.63) is 47.8 Å². The average molecular weight is 297 g/mol. The van der Waals surface area contributed by atoms with Crippen LogP contribution in [0.5, 0.6) is 5.75 Å². The molecule has 0 bridgehead atoms. The van der Waals surface area contributed by atoms with Crippen LogP contribution in [0.25, 0.3) is 11.1 Å². The van der Waals surface area contributed by atoms with Crippen LogP contribution in [-0.4, -0.2) is 26.9 Å². The summed E-state index contributed by atoms with van der Waals surface area (Å²) < 4.78 is 7.94. The summed E-state index contributed by atoms with van der Waals surface area (Å²) in [4.78, 5) is 26.2. The van der Waals surface area contributed by atoms with Gasteiger partial charge in [0.2, 0.25) is 0 Å². The Balaban J connectivity index is 2.35. The highest BCUT2D eigenvalue weighted by molar-refractivity contribution is 5.98. The Morgan fingerprint density at radius 3 is 2.73 bits per heavy atom. The summed E-state index contributed by atoms with van der Waals surface area (Å²) in [5, 5.41) is 27.5. The fraction of sp³-hybridized carbons (Fsp3) is 0.125. The zero-order valence-electron chi connectivity index (χ0n) is 12.4. The molecular formula is C16H12N2O4. The number of hydrogen-bond donors (Lipinski definition) is 2. The molecule has 0 aliphatic rings. The average Bonchev–Trinajstić information content (AvgIpc) is 2.52. The SMILES string of the molecule is [2H]c1c(C#N)cccc1-c1cnc(C(=O)CCC(=O)O)c(O)c1. The molecule has 0 unspecified atom stereocenters. The van der Waals surface area contributed by atoms with Crippen LogP contribution in [0.2, 0.25) is 0 Å². The number of carboxylic acid groups (broad SMARTS) is 1. The first-order valence-electron chi connectivity index (χ1n) is 6.88. The van der Waals surface area contributed by atoms with Crippen LogP contribution in [0.15, 0.2) is 36.5 Å². The van der Waals surface area contributed by atoms with Crippen molar-refractivity contribution in [2.75, 3.05) is 0 Å². The van der Waals surface area contributed by atoms with Crippen molar-refractivity contribution in [1.29, 1.82) is 5.26 Å². The standard InChI is InChI=1S/C16H12N2O4/c17-8-10-2-1-3-11(6-10)12-7-14(20)16(18-9-12)13(19)4-5-15(21)22/h1-3,6-7,9,20H,4-5H2,(H,21,22)/i6D. The van der Waals surface area contributed by atoms with Crippen LogP contribution in [0.4, 0.5) is 0 Å². The molecule has 1 aromatic carbocycles. The van der Waals surface area contributed by atoms with Gasteiger partial charge in [-0.1, -0.05) is 12.1 Å². The summed E-state index contributed by atoms with van der Waals surface area (Å²) in [5.74, 6) is -2.07. The molecule has 1 heterocycles. The van der Waals surface area contributed by atoms with Gasteiger partial charge >= 0.3 is 5.97 Å². The highest BCUT2D eigenvalue weighted by Gasteiger charge is 2.15. The number of Topliss-reactive ketones (excluding diaryl/α,β-unsaturated/α-hetero) is 1. The van der Waals surface area contributed by atoms with Gasteiger partial charge in [0, 0.05) is 18.2 Å². The Bertz CT molecular complexity index is 827. The number of nitrogens with zero attached hydrogens (tertiary/aromatic N) is 2. The van der Waals surface area contributed by atoms with Gasteiger partial charge in [0.1, 0.15) is 11.4 Å². The number of ketones is 1. The van der Waals surface area contributed by atoms with E-state index in [0.29, 0.717) is 11.1 Å². The largest absolute Gasteiger partial charge is 0.506 e. The number of aromatic nitrogens is 1. The molecule has 0 fully saturated rings. The summed E-state index contributed by atoms with van der Waals surface area (Å²) in [7, 11) is 0. The minimum absolute atomic E-state index is 0.00107. The van der Waals surface area contributed by atoms with Gasteiger partial charge in [-0.05, 0) is 23.7 Å². The number of carbonyl (C=O) groups is 2. The molecule has 0 saturated carbocycles. The van der Waals surface area contributed by atoms with E-state index >= 15 is 0 Å². The Labute approximate surface area is 127 Å². The molecule has 2 rings (SSSR count). The van der Waals surface area contributed by atoms with Crippen molar-refractivity contribution < 1.29 is 21.2 Å². The van der Waals surface area contributed by atoms with E-state index in [4.69, 9.17) is 11.7 Å². The molecule has 6 nitrogen and oxygen atoms in total. The van der Waals surface area contributed by atoms with Crippen LogP contribution in [-0.2, 0) is 4.79 Å². The lowest BCUT2D eigenvalue weighted by Gasteiger charge is -2.06. The van der Waals surface area contributed by atoms with Gasteiger partial charge in [0.05, 0.1) is 19.4 Å². The number of pyridine rings is 1. The Kier molecular flexibility index (Phi) is 4.07. The van der Waals surface area contributed by atoms with E-state index in [1.165, 1.54) is 18.3 Å². The lowest BCUT2D eigenvalue weighted by atomic mass is 10.0. The second-order valence-corrected chi connectivity index (χ2v) is 4.50. The third-order valence-electron chi connectivity index (χ3n) is 2.92. The van der Waals surface area contributed by atoms with E-state index in [0.717, 1.165) is 0 Å². The van der Waals surface area contributed by atoms with Gasteiger partial charge in [-0.3, -0.25) is 9.59 Å². The van der Waals surface area contributed by atoms with Crippen molar-refractivity contribution in [3.8, 4) is 22.9 Å². The quantitative estimate of drug-likeness (QED) is 0.819. The zero-order chi connectivity index (χ0) is 17.0. The van der Waals surface area contributed by atoms with Gasteiger partial charge in [0.25, 0.3) is 0 Å². The molecule has 0 amide bonds. The molecule has 0 aliphatic carbocycles. The van der Waals surface area contributed by atoms with Crippen molar-refractivity contribution in [3.63, 3.8) is 0 Å². The number of benzene rings is 1. The highest BCUT2D eigenvalue weighted by Crippen LogP contribution is 2.26. The Morgan fingerprint density at radius 2 is 2.09 bits per heavy atom. The van der Waals surface area contributed by atoms with Crippen molar-refractivity contribution in [1.82, 2.24) is 4.98 Å². The first kappa shape index (κ1) is 13.8. The summed E-state index contributed by atoms with van der Waals surface area (Å²) in [5.41, 5.74) is 0.761. The molecule has 2 aromatic rings. The summed E-state index contributed by atoms with van der Waals surface area (Å²) in [6.45, 7) is 0. The molecule has 0 atom stereocenters. The second-order valence-electron chi connectivity index (χ2n) is 4.50. The van der Waals surface area contributed by atoms with Crippen LogP contribution in [0.3, 0.4) is 0 Å². The number of hydrogen-bond acceptors (Lipinski definition) is 5. The molecule has 22 heavy (non-hydrogen) atoms. The van der Waals surface area contributed by atoms with E-state index in [2.05, 4.69) is 4.98 Å². The van der Waals surface area contributed by atoms with Gasteiger partial charge in [-0.15, -0.1) is 0 Å². The number of rotatable bonds is 5.